The molecule has 6 heteroatoms. The van der Waals surface area contributed by atoms with Gasteiger partial charge in [0.25, 0.3) is 0 Å². The first kappa shape index (κ1) is 13.0. The second kappa shape index (κ2) is 5.46. The highest BCUT2D eigenvalue weighted by Crippen LogP contribution is 2.26. The van der Waals surface area contributed by atoms with Crippen molar-refractivity contribution in [2.24, 2.45) is 5.73 Å². The quantitative estimate of drug-likeness (QED) is 0.920. The van der Waals surface area contributed by atoms with Crippen molar-refractivity contribution in [3.05, 3.63) is 29.2 Å². The molecule has 0 saturated carbocycles. The molecule has 0 saturated heterocycles. The van der Waals surface area contributed by atoms with Crippen LogP contribution in [0.1, 0.15) is 32.1 Å². The zero-order valence-corrected chi connectivity index (χ0v) is 11.1. The summed E-state index contributed by atoms with van der Waals surface area (Å²) in [4.78, 5) is 8.47. The van der Waals surface area contributed by atoms with Gasteiger partial charge in [0.15, 0.2) is 0 Å². The number of nitrogens with two attached hydrogens (primary N) is 1. The Hall–Kier alpha value is -1.46. The van der Waals surface area contributed by atoms with Crippen molar-refractivity contribution in [2.75, 3.05) is 0 Å². The lowest BCUT2D eigenvalue weighted by Crippen LogP contribution is -2.24. The van der Waals surface area contributed by atoms with Crippen molar-refractivity contribution in [2.45, 2.75) is 32.2 Å². The molecule has 18 heavy (non-hydrogen) atoms. The second-order valence-electron chi connectivity index (χ2n) is 4.16. The molecule has 96 valence electrons. The summed E-state index contributed by atoms with van der Waals surface area (Å²) in [5.74, 6) is 0.979. The summed E-state index contributed by atoms with van der Waals surface area (Å²) in [6, 6.07) is 3.45. The SMILES string of the molecule is CCC(c1nc(-c2ncccc2Cl)no1)C(C)N. The molecule has 2 aromatic rings. The lowest BCUT2D eigenvalue weighted by atomic mass is 9.99. The first-order valence-corrected chi connectivity index (χ1v) is 6.21. The fourth-order valence-corrected chi connectivity index (χ4v) is 2.01. The minimum absolute atomic E-state index is 0.0393. The Morgan fingerprint density at radius 3 is 2.89 bits per heavy atom. The molecule has 2 aromatic heterocycles. The first-order chi connectivity index (χ1) is 8.63. The van der Waals surface area contributed by atoms with Crippen LogP contribution in [-0.2, 0) is 0 Å². The van der Waals surface area contributed by atoms with Gasteiger partial charge in [0, 0.05) is 12.2 Å². The van der Waals surface area contributed by atoms with Crippen LogP contribution in [0.4, 0.5) is 0 Å². The molecule has 2 atom stereocenters. The summed E-state index contributed by atoms with van der Waals surface area (Å²) in [7, 11) is 0. The van der Waals surface area contributed by atoms with E-state index in [2.05, 4.69) is 15.1 Å². The molecule has 0 amide bonds. The molecule has 0 bridgehead atoms. The average Bonchev–Trinajstić information content (AvgIpc) is 2.79. The molecule has 2 heterocycles. The van der Waals surface area contributed by atoms with E-state index < -0.39 is 0 Å². The molecule has 0 spiro atoms. The van der Waals surface area contributed by atoms with Gasteiger partial charge in [-0.15, -0.1) is 0 Å². The van der Waals surface area contributed by atoms with E-state index in [0.29, 0.717) is 22.4 Å². The number of pyridine rings is 1. The highest BCUT2D eigenvalue weighted by atomic mass is 35.5. The standard InChI is InChI=1S/C12H15ClN4O/c1-3-8(7(2)14)12-16-11(17-18-12)10-9(13)5-4-6-15-10/h4-8H,3,14H2,1-2H3. The third-order valence-electron chi connectivity index (χ3n) is 2.80. The molecule has 2 rings (SSSR count). The van der Waals surface area contributed by atoms with Crippen LogP contribution in [0.15, 0.2) is 22.9 Å². The van der Waals surface area contributed by atoms with Crippen LogP contribution in [0.2, 0.25) is 5.02 Å². The van der Waals surface area contributed by atoms with Gasteiger partial charge in [0.2, 0.25) is 11.7 Å². The summed E-state index contributed by atoms with van der Waals surface area (Å²) in [6.07, 6.45) is 2.48. The van der Waals surface area contributed by atoms with Gasteiger partial charge in [-0.05, 0) is 25.5 Å². The van der Waals surface area contributed by atoms with Gasteiger partial charge in [-0.1, -0.05) is 23.7 Å². The Bertz CT molecular complexity index is 526. The van der Waals surface area contributed by atoms with Gasteiger partial charge in [-0.2, -0.15) is 4.98 Å². The van der Waals surface area contributed by atoms with Crippen molar-refractivity contribution < 1.29 is 4.52 Å². The van der Waals surface area contributed by atoms with Crippen molar-refractivity contribution >= 4 is 11.6 Å². The molecule has 2 N–H and O–H groups in total. The number of nitrogens with zero attached hydrogens (tertiary/aromatic N) is 3. The summed E-state index contributed by atoms with van der Waals surface area (Å²) in [6.45, 7) is 3.96. The largest absolute Gasteiger partial charge is 0.339 e. The molecule has 0 radical (unpaired) electrons. The van der Waals surface area contributed by atoms with Gasteiger partial charge in [-0.25, -0.2) is 0 Å². The van der Waals surface area contributed by atoms with Crippen molar-refractivity contribution in [3.8, 4) is 11.5 Å². The molecule has 2 unspecified atom stereocenters. The maximum absolute atomic E-state index is 6.04. The lowest BCUT2D eigenvalue weighted by Gasteiger charge is -2.13. The van der Waals surface area contributed by atoms with Crippen LogP contribution in [0.5, 0.6) is 0 Å². The van der Waals surface area contributed by atoms with Crippen LogP contribution in [0, 0.1) is 0 Å². The van der Waals surface area contributed by atoms with Crippen LogP contribution < -0.4 is 5.73 Å². The Balaban J connectivity index is 2.34. The Kier molecular flexibility index (Phi) is 3.93. The van der Waals surface area contributed by atoms with Crippen molar-refractivity contribution in [1.29, 1.82) is 0 Å². The predicted molar refractivity (Wildman–Crippen MR) is 69.2 cm³/mol. The number of aromatic nitrogens is 3. The second-order valence-corrected chi connectivity index (χ2v) is 4.57. The molecule has 0 aliphatic carbocycles. The number of halogens is 1. The molecule has 0 fully saturated rings. The van der Waals surface area contributed by atoms with Crippen LogP contribution in [0.25, 0.3) is 11.5 Å². The highest BCUT2D eigenvalue weighted by molar-refractivity contribution is 6.32. The van der Waals surface area contributed by atoms with E-state index in [1.807, 2.05) is 13.8 Å². The van der Waals surface area contributed by atoms with Crippen LogP contribution in [-0.4, -0.2) is 21.2 Å². The van der Waals surface area contributed by atoms with Crippen molar-refractivity contribution in [3.63, 3.8) is 0 Å². The summed E-state index contributed by atoms with van der Waals surface area (Å²) in [5.41, 5.74) is 6.41. The lowest BCUT2D eigenvalue weighted by molar-refractivity contribution is 0.334. The Morgan fingerprint density at radius 1 is 1.50 bits per heavy atom. The average molecular weight is 267 g/mol. The Morgan fingerprint density at radius 2 is 2.28 bits per heavy atom. The summed E-state index contributed by atoms with van der Waals surface area (Å²) >= 11 is 6.04. The smallest absolute Gasteiger partial charge is 0.231 e. The summed E-state index contributed by atoms with van der Waals surface area (Å²) < 4.78 is 5.25. The van der Waals surface area contributed by atoms with Gasteiger partial charge in [-0.3, -0.25) is 4.98 Å². The number of rotatable bonds is 4. The monoisotopic (exact) mass is 266 g/mol. The van der Waals surface area contributed by atoms with E-state index in [1.165, 1.54) is 0 Å². The Labute approximate surface area is 110 Å². The van der Waals surface area contributed by atoms with E-state index in [0.717, 1.165) is 6.42 Å². The molecule has 0 aliphatic heterocycles. The minimum Gasteiger partial charge on any atom is -0.339 e. The molecule has 0 aliphatic rings. The van der Waals surface area contributed by atoms with E-state index in [1.54, 1.807) is 18.3 Å². The van der Waals surface area contributed by atoms with E-state index in [9.17, 15) is 0 Å². The molecule has 0 aromatic carbocycles. The molecular formula is C12H15ClN4O. The normalized spacial score (nSPS) is 14.4. The zero-order valence-electron chi connectivity index (χ0n) is 10.3. The summed E-state index contributed by atoms with van der Waals surface area (Å²) in [5, 5.41) is 4.41. The van der Waals surface area contributed by atoms with Gasteiger partial charge >= 0.3 is 0 Å². The van der Waals surface area contributed by atoms with Gasteiger partial charge < -0.3 is 10.3 Å². The molecule has 5 nitrogen and oxygen atoms in total. The minimum atomic E-state index is -0.0393. The predicted octanol–water partition coefficient (Wildman–Crippen LogP) is 2.63. The topological polar surface area (TPSA) is 77.8 Å². The van der Waals surface area contributed by atoms with Crippen molar-refractivity contribution in [1.82, 2.24) is 15.1 Å². The first-order valence-electron chi connectivity index (χ1n) is 5.83. The number of hydrogen-bond donors (Lipinski definition) is 1. The van der Waals surface area contributed by atoms with Crippen LogP contribution in [0.3, 0.4) is 0 Å². The van der Waals surface area contributed by atoms with E-state index in [4.69, 9.17) is 21.9 Å². The van der Waals surface area contributed by atoms with Gasteiger partial charge in [0.1, 0.15) is 5.69 Å². The van der Waals surface area contributed by atoms with Gasteiger partial charge in [0.05, 0.1) is 10.9 Å². The highest BCUT2D eigenvalue weighted by Gasteiger charge is 2.22. The zero-order chi connectivity index (χ0) is 13.1. The molecular weight excluding hydrogens is 252 g/mol. The maximum atomic E-state index is 6.04. The fraction of sp³-hybridized carbons (Fsp3) is 0.417. The van der Waals surface area contributed by atoms with E-state index >= 15 is 0 Å². The maximum Gasteiger partial charge on any atom is 0.231 e. The van der Waals surface area contributed by atoms with E-state index in [-0.39, 0.29) is 12.0 Å². The fourth-order valence-electron chi connectivity index (χ4n) is 1.80. The number of hydrogen-bond acceptors (Lipinski definition) is 5. The third-order valence-corrected chi connectivity index (χ3v) is 3.11. The van der Waals surface area contributed by atoms with Crippen LogP contribution >= 0.6 is 11.6 Å². The third kappa shape index (κ3) is 2.52.